The Balaban J connectivity index is 2.43. The normalized spacial score (nSPS) is 12.4. The molecule has 0 fully saturated rings. The van der Waals surface area contributed by atoms with Crippen molar-refractivity contribution in [3.05, 3.63) is 60.2 Å². The minimum atomic E-state index is -3.84. The summed E-state index contributed by atoms with van der Waals surface area (Å²) in [5, 5.41) is 2.83. The predicted octanol–water partition coefficient (Wildman–Crippen LogP) is 3.11. The Morgan fingerprint density at radius 1 is 1.08 bits per heavy atom. The summed E-state index contributed by atoms with van der Waals surface area (Å²) >= 11 is 0. The minimum Gasteiger partial charge on any atom is -0.352 e. The van der Waals surface area contributed by atoms with E-state index in [4.69, 9.17) is 0 Å². The number of nitrogens with zero attached hydrogens (tertiary/aromatic N) is 1. The van der Waals surface area contributed by atoms with Crippen LogP contribution in [0, 0.1) is 6.92 Å². The summed E-state index contributed by atoms with van der Waals surface area (Å²) in [5.41, 5.74) is 1.30. The van der Waals surface area contributed by atoms with Crippen LogP contribution < -0.4 is 9.62 Å². The molecule has 0 aromatic heterocycles. The molecule has 0 unspecified atom stereocenters. The van der Waals surface area contributed by atoms with E-state index in [2.05, 4.69) is 5.32 Å². The molecule has 0 spiro atoms. The number of hydrogen-bond acceptors (Lipinski definition) is 3. The molecule has 0 aliphatic rings. The summed E-state index contributed by atoms with van der Waals surface area (Å²) < 4.78 is 27.4. The molecule has 0 saturated carbocycles. The number of carbonyl (C=O) groups excluding carboxylic acids is 1. The lowest BCUT2D eigenvalue weighted by Crippen LogP contribution is -2.43. The number of amides is 1. The van der Waals surface area contributed by atoms with Gasteiger partial charge in [-0.25, -0.2) is 8.42 Å². The first-order valence-corrected chi connectivity index (χ1v) is 9.73. The lowest BCUT2D eigenvalue weighted by atomic mass is 10.2. The maximum absolute atomic E-state index is 13.1. The van der Waals surface area contributed by atoms with Crippen molar-refractivity contribution in [2.45, 2.75) is 38.1 Å². The molecule has 2 aromatic carbocycles. The number of anilines is 1. The summed E-state index contributed by atoms with van der Waals surface area (Å²) in [6.07, 6.45) is 0.779. The Kier molecular flexibility index (Phi) is 6.20. The maximum Gasteiger partial charge on any atom is 0.264 e. The number of rotatable bonds is 7. The van der Waals surface area contributed by atoms with Crippen molar-refractivity contribution in [2.75, 3.05) is 10.8 Å². The van der Waals surface area contributed by atoms with E-state index in [9.17, 15) is 13.2 Å². The first kappa shape index (κ1) is 19.0. The van der Waals surface area contributed by atoms with Gasteiger partial charge in [0.15, 0.2) is 0 Å². The summed E-state index contributed by atoms with van der Waals surface area (Å²) in [7, 11) is -3.84. The topological polar surface area (TPSA) is 66.5 Å². The zero-order valence-electron chi connectivity index (χ0n) is 14.8. The van der Waals surface area contributed by atoms with E-state index in [0.717, 1.165) is 12.0 Å². The fourth-order valence-corrected chi connectivity index (χ4v) is 3.92. The molecule has 1 N–H and O–H groups in total. The van der Waals surface area contributed by atoms with E-state index in [-0.39, 0.29) is 23.4 Å². The molecule has 5 nitrogen and oxygen atoms in total. The SMILES string of the molecule is CC[C@H](C)NC(=O)CN(c1ccccc1C)S(=O)(=O)c1ccccc1. The van der Waals surface area contributed by atoms with Crippen LogP contribution in [0.2, 0.25) is 0 Å². The van der Waals surface area contributed by atoms with Crippen LogP contribution in [-0.4, -0.2) is 26.9 Å². The predicted molar refractivity (Wildman–Crippen MR) is 100 cm³/mol. The fourth-order valence-electron chi connectivity index (χ4n) is 2.42. The molecule has 0 bridgehead atoms. The highest BCUT2D eigenvalue weighted by Crippen LogP contribution is 2.26. The minimum absolute atomic E-state index is 0.00866. The third kappa shape index (κ3) is 4.60. The van der Waals surface area contributed by atoms with Crippen molar-refractivity contribution in [1.82, 2.24) is 5.32 Å². The molecule has 134 valence electrons. The molecular weight excluding hydrogens is 336 g/mol. The summed E-state index contributed by atoms with van der Waals surface area (Å²) in [6.45, 7) is 5.42. The average Bonchev–Trinajstić information content (AvgIpc) is 2.61. The first-order chi connectivity index (χ1) is 11.9. The van der Waals surface area contributed by atoms with E-state index in [1.54, 1.807) is 30.3 Å². The van der Waals surface area contributed by atoms with E-state index in [1.165, 1.54) is 16.4 Å². The Labute approximate surface area is 149 Å². The second-order valence-electron chi connectivity index (χ2n) is 5.99. The van der Waals surface area contributed by atoms with Gasteiger partial charge in [0.25, 0.3) is 10.0 Å². The largest absolute Gasteiger partial charge is 0.352 e. The number of hydrogen-bond donors (Lipinski definition) is 1. The van der Waals surface area contributed by atoms with Gasteiger partial charge in [0.1, 0.15) is 6.54 Å². The van der Waals surface area contributed by atoms with Crippen LogP contribution in [0.15, 0.2) is 59.5 Å². The van der Waals surface area contributed by atoms with E-state index in [1.807, 2.05) is 32.9 Å². The molecule has 1 amide bonds. The highest BCUT2D eigenvalue weighted by molar-refractivity contribution is 7.92. The molecule has 6 heteroatoms. The van der Waals surface area contributed by atoms with Crippen LogP contribution in [-0.2, 0) is 14.8 Å². The number of sulfonamides is 1. The van der Waals surface area contributed by atoms with Crippen molar-refractivity contribution in [2.24, 2.45) is 0 Å². The standard InChI is InChI=1S/C19H24N2O3S/c1-4-16(3)20-19(22)14-21(18-13-9-8-10-15(18)2)25(23,24)17-11-6-5-7-12-17/h5-13,16H,4,14H2,1-3H3,(H,20,22)/t16-/m0/s1. The van der Waals surface area contributed by atoms with Gasteiger partial charge in [-0.3, -0.25) is 9.10 Å². The van der Waals surface area contributed by atoms with Gasteiger partial charge < -0.3 is 5.32 Å². The van der Waals surface area contributed by atoms with Gasteiger partial charge in [-0.2, -0.15) is 0 Å². The van der Waals surface area contributed by atoms with Gasteiger partial charge in [0.2, 0.25) is 5.91 Å². The Hall–Kier alpha value is -2.34. The molecule has 0 heterocycles. The Morgan fingerprint density at radius 3 is 2.28 bits per heavy atom. The monoisotopic (exact) mass is 360 g/mol. The van der Waals surface area contributed by atoms with Crippen molar-refractivity contribution < 1.29 is 13.2 Å². The van der Waals surface area contributed by atoms with Crippen LogP contribution in [0.3, 0.4) is 0 Å². The quantitative estimate of drug-likeness (QED) is 0.825. The molecule has 0 radical (unpaired) electrons. The Bertz CT molecular complexity index is 820. The van der Waals surface area contributed by atoms with Crippen molar-refractivity contribution in [3.63, 3.8) is 0 Å². The molecule has 0 aliphatic carbocycles. The lowest BCUT2D eigenvalue weighted by molar-refractivity contribution is -0.120. The highest BCUT2D eigenvalue weighted by Gasteiger charge is 2.28. The summed E-state index contributed by atoms with van der Waals surface area (Å²) in [4.78, 5) is 12.5. The van der Waals surface area contributed by atoms with Crippen LogP contribution in [0.5, 0.6) is 0 Å². The van der Waals surface area contributed by atoms with Gasteiger partial charge in [0, 0.05) is 6.04 Å². The molecule has 0 saturated heterocycles. The van der Waals surface area contributed by atoms with Crippen molar-refractivity contribution in [1.29, 1.82) is 0 Å². The zero-order valence-corrected chi connectivity index (χ0v) is 15.6. The summed E-state index contributed by atoms with van der Waals surface area (Å²) in [5.74, 6) is -0.322. The lowest BCUT2D eigenvalue weighted by Gasteiger charge is -2.26. The zero-order chi connectivity index (χ0) is 18.4. The molecule has 2 rings (SSSR count). The van der Waals surface area contributed by atoms with Gasteiger partial charge in [-0.05, 0) is 44.0 Å². The van der Waals surface area contributed by atoms with E-state index in [0.29, 0.717) is 5.69 Å². The van der Waals surface area contributed by atoms with Crippen LogP contribution in [0.1, 0.15) is 25.8 Å². The second kappa shape index (κ2) is 8.16. The number of benzene rings is 2. The van der Waals surface area contributed by atoms with Crippen molar-refractivity contribution >= 4 is 21.6 Å². The third-order valence-corrected chi connectivity index (χ3v) is 5.80. The smallest absolute Gasteiger partial charge is 0.264 e. The van der Waals surface area contributed by atoms with Gasteiger partial charge in [-0.15, -0.1) is 0 Å². The number of aryl methyl sites for hydroxylation is 1. The van der Waals surface area contributed by atoms with Crippen LogP contribution in [0.25, 0.3) is 0 Å². The van der Waals surface area contributed by atoms with Crippen LogP contribution >= 0.6 is 0 Å². The van der Waals surface area contributed by atoms with Gasteiger partial charge in [-0.1, -0.05) is 43.3 Å². The molecule has 25 heavy (non-hydrogen) atoms. The van der Waals surface area contributed by atoms with Crippen LogP contribution in [0.4, 0.5) is 5.69 Å². The highest BCUT2D eigenvalue weighted by atomic mass is 32.2. The fraction of sp³-hybridized carbons (Fsp3) is 0.316. The molecular formula is C19H24N2O3S. The number of para-hydroxylation sites is 1. The molecule has 2 aromatic rings. The van der Waals surface area contributed by atoms with Gasteiger partial charge >= 0.3 is 0 Å². The molecule has 0 aliphatic heterocycles. The average molecular weight is 360 g/mol. The van der Waals surface area contributed by atoms with Gasteiger partial charge in [0.05, 0.1) is 10.6 Å². The Morgan fingerprint density at radius 2 is 1.68 bits per heavy atom. The van der Waals surface area contributed by atoms with E-state index < -0.39 is 10.0 Å². The first-order valence-electron chi connectivity index (χ1n) is 8.29. The second-order valence-corrected chi connectivity index (χ2v) is 7.85. The number of nitrogens with one attached hydrogen (secondary N) is 1. The maximum atomic E-state index is 13.1. The molecule has 1 atom stereocenters. The summed E-state index contributed by atoms with van der Waals surface area (Å²) in [6, 6.07) is 15.3. The number of carbonyl (C=O) groups is 1. The van der Waals surface area contributed by atoms with Crippen molar-refractivity contribution in [3.8, 4) is 0 Å². The van der Waals surface area contributed by atoms with E-state index >= 15 is 0 Å². The third-order valence-electron chi connectivity index (χ3n) is 4.02.